The van der Waals surface area contributed by atoms with Gasteiger partial charge in [-0.15, -0.1) is 0 Å². The monoisotopic (exact) mass is 307 g/mol. The standard InChI is InChI=1S/C15H21N3O2S/c1-11(2)18-9-15(16-10-18)21(19,20)17(5)14-7-12(3)6-13(4)8-14/h6-11H,1-5H3. The molecule has 0 saturated heterocycles. The molecule has 2 rings (SSSR count). The topological polar surface area (TPSA) is 55.2 Å². The number of aryl methyl sites for hydroxylation is 2. The van der Waals surface area contributed by atoms with Crippen molar-refractivity contribution in [2.75, 3.05) is 11.4 Å². The summed E-state index contributed by atoms with van der Waals surface area (Å²) < 4.78 is 28.3. The van der Waals surface area contributed by atoms with E-state index in [0.717, 1.165) is 11.1 Å². The molecule has 0 saturated carbocycles. The maximum atomic E-state index is 12.6. The Bertz CT molecular complexity index is 728. The largest absolute Gasteiger partial charge is 0.334 e. The molecule has 21 heavy (non-hydrogen) atoms. The van der Waals surface area contributed by atoms with E-state index in [9.17, 15) is 8.42 Å². The van der Waals surface area contributed by atoms with Crippen molar-refractivity contribution in [2.45, 2.75) is 38.8 Å². The normalized spacial score (nSPS) is 11.9. The van der Waals surface area contributed by atoms with Gasteiger partial charge >= 0.3 is 0 Å². The van der Waals surface area contributed by atoms with E-state index in [4.69, 9.17) is 0 Å². The van der Waals surface area contributed by atoms with Gasteiger partial charge in [-0.3, -0.25) is 4.31 Å². The van der Waals surface area contributed by atoms with Crippen LogP contribution in [-0.2, 0) is 10.0 Å². The number of aromatic nitrogens is 2. The molecule has 0 unspecified atom stereocenters. The Hall–Kier alpha value is -1.82. The zero-order valence-electron chi connectivity index (χ0n) is 13.0. The van der Waals surface area contributed by atoms with E-state index in [0.29, 0.717) is 5.69 Å². The molecule has 5 nitrogen and oxygen atoms in total. The van der Waals surface area contributed by atoms with Gasteiger partial charge in [0.15, 0.2) is 5.03 Å². The van der Waals surface area contributed by atoms with Crippen LogP contribution >= 0.6 is 0 Å². The van der Waals surface area contributed by atoms with E-state index in [2.05, 4.69) is 4.98 Å². The Labute approximate surface area is 126 Å². The molecule has 2 aromatic rings. The highest BCUT2D eigenvalue weighted by molar-refractivity contribution is 7.92. The van der Waals surface area contributed by atoms with Gasteiger partial charge in [-0.25, -0.2) is 4.98 Å². The van der Waals surface area contributed by atoms with Crippen LogP contribution in [0.4, 0.5) is 5.69 Å². The molecule has 6 heteroatoms. The summed E-state index contributed by atoms with van der Waals surface area (Å²) in [5.74, 6) is 0. The molecule has 1 aromatic carbocycles. The SMILES string of the molecule is Cc1cc(C)cc(N(C)S(=O)(=O)c2cn(C(C)C)cn2)c1. The lowest BCUT2D eigenvalue weighted by molar-refractivity contribution is 0.587. The molecule has 0 aliphatic heterocycles. The molecule has 0 N–H and O–H groups in total. The third-order valence-electron chi connectivity index (χ3n) is 3.37. The molecule has 0 aliphatic rings. The van der Waals surface area contributed by atoms with Crippen molar-refractivity contribution in [1.29, 1.82) is 0 Å². The number of imidazole rings is 1. The maximum absolute atomic E-state index is 12.6. The summed E-state index contributed by atoms with van der Waals surface area (Å²) in [6.45, 7) is 7.85. The van der Waals surface area contributed by atoms with Crippen LogP contribution in [-0.4, -0.2) is 25.0 Å². The van der Waals surface area contributed by atoms with Gasteiger partial charge in [-0.1, -0.05) is 6.07 Å². The second-order valence-corrected chi connectivity index (χ2v) is 7.49. The summed E-state index contributed by atoms with van der Waals surface area (Å²) in [5.41, 5.74) is 2.70. The Morgan fingerprint density at radius 3 is 2.19 bits per heavy atom. The van der Waals surface area contributed by atoms with E-state index in [1.165, 1.54) is 4.31 Å². The van der Waals surface area contributed by atoms with E-state index >= 15 is 0 Å². The second-order valence-electron chi connectivity index (χ2n) is 5.57. The van der Waals surface area contributed by atoms with E-state index in [1.54, 1.807) is 24.1 Å². The lowest BCUT2D eigenvalue weighted by Gasteiger charge is -2.19. The van der Waals surface area contributed by atoms with E-state index < -0.39 is 10.0 Å². The van der Waals surface area contributed by atoms with Gasteiger partial charge in [-0.05, 0) is 51.0 Å². The number of hydrogen-bond acceptors (Lipinski definition) is 3. The molecular formula is C15H21N3O2S. The molecule has 0 spiro atoms. The number of anilines is 1. The van der Waals surface area contributed by atoms with Gasteiger partial charge in [0, 0.05) is 19.3 Å². The first-order valence-corrected chi connectivity index (χ1v) is 8.26. The Morgan fingerprint density at radius 1 is 1.14 bits per heavy atom. The number of nitrogens with zero attached hydrogens (tertiary/aromatic N) is 3. The average Bonchev–Trinajstić information content (AvgIpc) is 2.86. The number of benzene rings is 1. The highest BCUT2D eigenvalue weighted by Crippen LogP contribution is 2.23. The fourth-order valence-corrected chi connectivity index (χ4v) is 3.24. The first-order valence-electron chi connectivity index (χ1n) is 6.82. The van der Waals surface area contributed by atoms with Crippen LogP contribution in [0.3, 0.4) is 0 Å². The molecule has 0 radical (unpaired) electrons. The van der Waals surface area contributed by atoms with Crippen LogP contribution in [0.2, 0.25) is 0 Å². The lowest BCUT2D eigenvalue weighted by atomic mass is 10.1. The van der Waals surface area contributed by atoms with Crippen molar-refractivity contribution >= 4 is 15.7 Å². The van der Waals surface area contributed by atoms with Crippen LogP contribution in [0.25, 0.3) is 0 Å². The highest BCUT2D eigenvalue weighted by atomic mass is 32.2. The van der Waals surface area contributed by atoms with Gasteiger partial charge in [0.2, 0.25) is 0 Å². The molecule has 114 valence electrons. The fourth-order valence-electron chi connectivity index (χ4n) is 2.14. The maximum Gasteiger partial charge on any atom is 0.283 e. The molecule has 0 aliphatic carbocycles. The molecule has 0 atom stereocenters. The second kappa shape index (κ2) is 5.52. The summed E-state index contributed by atoms with van der Waals surface area (Å²) >= 11 is 0. The Morgan fingerprint density at radius 2 is 1.71 bits per heavy atom. The van der Waals surface area contributed by atoms with Crippen molar-refractivity contribution in [3.05, 3.63) is 41.9 Å². The van der Waals surface area contributed by atoms with Gasteiger partial charge in [0.1, 0.15) is 0 Å². The minimum atomic E-state index is -3.64. The Kier molecular flexibility index (Phi) is 4.09. The zero-order valence-corrected chi connectivity index (χ0v) is 13.8. The molecule has 0 amide bonds. The highest BCUT2D eigenvalue weighted by Gasteiger charge is 2.24. The van der Waals surface area contributed by atoms with E-state index in [-0.39, 0.29) is 11.1 Å². The summed E-state index contributed by atoms with van der Waals surface area (Å²) in [6.07, 6.45) is 3.12. The predicted octanol–water partition coefficient (Wildman–Crippen LogP) is 2.91. The molecule has 0 fully saturated rings. The molecule has 1 aromatic heterocycles. The Balaban J connectivity index is 2.42. The summed E-state index contributed by atoms with van der Waals surface area (Å²) in [4.78, 5) is 4.03. The van der Waals surface area contributed by atoms with E-state index in [1.807, 2.05) is 45.9 Å². The third-order valence-corrected chi connectivity index (χ3v) is 5.04. The first-order chi connectivity index (χ1) is 9.71. The smallest absolute Gasteiger partial charge is 0.283 e. The van der Waals surface area contributed by atoms with Gasteiger partial charge < -0.3 is 4.57 Å². The van der Waals surface area contributed by atoms with Crippen molar-refractivity contribution in [1.82, 2.24) is 9.55 Å². The van der Waals surface area contributed by atoms with Gasteiger partial charge in [0.25, 0.3) is 10.0 Å². The van der Waals surface area contributed by atoms with Gasteiger partial charge in [0.05, 0.1) is 12.0 Å². The lowest BCUT2D eigenvalue weighted by Crippen LogP contribution is -2.27. The van der Waals surface area contributed by atoms with Crippen LogP contribution < -0.4 is 4.31 Å². The molecular weight excluding hydrogens is 286 g/mol. The quantitative estimate of drug-likeness (QED) is 0.872. The predicted molar refractivity (Wildman–Crippen MR) is 84.1 cm³/mol. The van der Waals surface area contributed by atoms with Crippen LogP contribution in [0.15, 0.2) is 35.7 Å². The van der Waals surface area contributed by atoms with Crippen LogP contribution in [0.5, 0.6) is 0 Å². The zero-order chi connectivity index (χ0) is 15.8. The van der Waals surface area contributed by atoms with Crippen molar-refractivity contribution in [2.24, 2.45) is 0 Å². The molecule has 0 bridgehead atoms. The fraction of sp³-hybridized carbons (Fsp3) is 0.400. The number of hydrogen-bond donors (Lipinski definition) is 0. The van der Waals surface area contributed by atoms with Crippen molar-refractivity contribution in [3.8, 4) is 0 Å². The summed E-state index contributed by atoms with van der Waals surface area (Å²) in [5, 5.41) is 0.0675. The first kappa shape index (κ1) is 15.6. The minimum Gasteiger partial charge on any atom is -0.334 e. The van der Waals surface area contributed by atoms with Crippen LogP contribution in [0, 0.1) is 13.8 Å². The minimum absolute atomic E-state index is 0.0675. The van der Waals surface area contributed by atoms with Crippen LogP contribution in [0.1, 0.15) is 31.0 Å². The number of sulfonamides is 1. The van der Waals surface area contributed by atoms with Crippen molar-refractivity contribution < 1.29 is 8.42 Å². The van der Waals surface area contributed by atoms with Crippen molar-refractivity contribution in [3.63, 3.8) is 0 Å². The van der Waals surface area contributed by atoms with Gasteiger partial charge in [-0.2, -0.15) is 8.42 Å². The average molecular weight is 307 g/mol. The summed E-state index contributed by atoms with van der Waals surface area (Å²) in [7, 11) is -2.08. The summed E-state index contributed by atoms with van der Waals surface area (Å²) in [6, 6.07) is 5.89. The molecule has 1 heterocycles. The third kappa shape index (κ3) is 3.10. The number of rotatable bonds is 4.